The zero-order chi connectivity index (χ0) is 23.6. The van der Waals surface area contributed by atoms with Crippen LogP contribution in [0.25, 0.3) is 0 Å². The highest BCUT2D eigenvalue weighted by atomic mass is 32.1. The van der Waals surface area contributed by atoms with Crippen LogP contribution in [0.2, 0.25) is 0 Å². The molecular formula is C17H27N7O6S. The Bertz CT molecular complexity index is 788. The number of nitrogens with one attached hydrogen (secondary N) is 4. The van der Waals surface area contributed by atoms with Gasteiger partial charge in [-0.1, -0.05) is 0 Å². The molecular weight excluding hydrogens is 430 g/mol. The molecule has 0 aromatic carbocycles. The van der Waals surface area contributed by atoms with E-state index >= 15 is 0 Å². The van der Waals surface area contributed by atoms with E-state index in [-0.39, 0.29) is 25.0 Å². The van der Waals surface area contributed by atoms with Gasteiger partial charge in [-0.15, -0.1) is 0 Å². The molecule has 0 aliphatic carbocycles. The highest BCUT2D eigenvalue weighted by molar-refractivity contribution is 7.80. The van der Waals surface area contributed by atoms with Crippen molar-refractivity contribution in [3.05, 3.63) is 18.2 Å². The first-order valence-corrected chi connectivity index (χ1v) is 9.94. The molecule has 31 heavy (non-hydrogen) atoms. The topological polar surface area (TPSA) is 222 Å². The number of H-pyrrole nitrogens is 1. The minimum atomic E-state index is -1.27. The van der Waals surface area contributed by atoms with E-state index in [1.807, 2.05) is 0 Å². The number of carboxylic acids is 1. The fourth-order valence-electron chi connectivity index (χ4n) is 2.39. The Labute approximate surface area is 183 Å². The molecule has 1 aromatic heterocycles. The average Bonchev–Trinajstić information content (AvgIpc) is 3.22. The molecule has 13 nitrogen and oxygen atoms in total. The lowest BCUT2D eigenvalue weighted by molar-refractivity contribution is -0.142. The first kappa shape index (κ1) is 25.9. The fourth-order valence-corrected chi connectivity index (χ4v) is 2.65. The number of aromatic nitrogens is 2. The summed E-state index contributed by atoms with van der Waals surface area (Å²) < 4.78 is 0. The number of aliphatic carboxylic acids is 1. The Morgan fingerprint density at radius 3 is 2.29 bits per heavy atom. The zero-order valence-electron chi connectivity index (χ0n) is 16.8. The summed E-state index contributed by atoms with van der Waals surface area (Å²) in [6.07, 6.45) is 2.70. The lowest BCUT2D eigenvalue weighted by Gasteiger charge is -2.22. The average molecular weight is 458 g/mol. The second-order valence-electron chi connectivity index (χ2n) is 6.77. The van der Waals surface area contributed by atoms with E-state index in [0.717, 1.165) is 0 Å². The number of carbonyl (C=O) groups excluding carboxylic acids is 4. The number of amides is 4. The highest BCUT2D eigenvalue weighted by Gasteiger charge is 2.28. The van der Waals surface area contributed by atoms with Crippen molar-refractivity contribution in [3.8, 4) is 0 Å². The molecule has 0 spiro atoms. The van der Waals surface area contributed by atoms with Gasteiger partial charge in [0, 0.05) is 30.5 Å². The quantitative estimate of drug-likeness (QED) is 0.142. The first-order valence-electron chi connectivity index (χ1n) is 9.31. The highest BCUT2D eigenvalue weighted by Crippen LogP contribution is 2.01. The van der Waals surface area contributed by atoms with Crippen LogP contribution < -0.4 is 27.4 Å². The minimum absolute atomic E-state index is 0.0179. The molecule has 1 aromatic rings. The number of rotatable bonds is 13. The number of nitrogens with two attached hydrogens (primary N) is 2. The summed E-state index contributed by atoms with van der Waals surface area (Å²) in [6.45, 7) is 1.37. The number of imidazole rings is 1. The lowest BCUT2D eigenvalue weighted by Crippen LogP contribution is -2.57. The fraction of sp³-hybridized carbons (Fsp3) is 0.529. The van der Waals surface area contributed by atoms with Gasteiger partial charge in [-0.2, -0.15) is 12.6 Å². The predicted octanol–water partition coefficient (Wildman–Crippen LogP) is -2.97. The van der Waals surface area contributed by atoms with Crippen LogP contribution in [0, 0.1) is 0 Å². The maximum absolute atomic E-state index is 12.4. The number of aromatic amines is 1. The predicted molar refractivity (Wildman–Crippen MR) is 112 cm³/mol. The molecule has 14 heteroatoms. The van der Waals surface area contributed by atoms with E-state index in [4.69, 9.17) is 11.5 Å². The molecule has 0 fully saturated rings. The van der Waals surface area contributed by atoms with Crippen molar-refractivity contribution in [2.75, 3.05) is 5.75 Å². The Hall–Kier alpha value is -3.13. The van der Waals surface area contributed by atoms with Crippen molar-refractivity contribution in [2.45, 2.75) is 50.4 Å². The monoisotopic (exact) mass is 457 g/mol. The molecule has 0 saturated heterocycles. The largest absolute Gasteiger partial charge is 0.480 e. The van der Waals surface area contributed by atoms with Gasteiger partial charge in [0.05, 0.1) is 12.4 Å². The van der Waals surface area contributed by atoms with Crippen LogP contribution in [-0.4, -0.2) is 74.6 Å². The number of carbonyl (C=O) groups is 5. The van der Waals surface area contributed by atoms with E-state index in [2.05, 4.69) is 38.5 Å². The molecule has 9 N–H and O–H groups in total. The Morgan fingerprint density at radius 2 is 1.77 bits per heavy atom. The van der Waals surface area contributed by atoms with Crippen LogP contribution in [-0.2, 0) is 30.4 Å². The second-order valence-corrected chi connectivity index (χ2v) is 7.13. The molecule has 172 valence electrons. The molecule has 4 unspecified atom stereocenters. The summed E-state index contributed by atoms with van der Waals surface area (Å²) in [4.78, 5) is 65.5. The van der Waals surface area contributed by atoms with Gasteiger partial charge in [0.1, 0.15) is 18.1 Å². The molecule has 4 amide bonds. The van der Waals surface area contributed by atoms with Crippen LogP contribution in [0.5, 0.6) is 0 Å². The third kappa shape index (κ3) is 9.04. The lowest BCUT2D eigenvalue weighted by atomic mass is 10.1. The zero-order valence-corrected chi connectivity index (χ0v) is 17.7. The van der Waals surface area contributed by atoms with Crippen molar-refractivity contribution >= 4 is 42.2 Å². The van der Waals surface area contributed by atoms with Gasteiger partial charge in [0.15, 0.2) is 0 Å². The van der Waals surface area contributed by atoms with Gasteiger partial charge in [-0.3, -0.25) is 19.2 Å². The number of hydrogen-bond acceptors (Lipinski definition) is 8. The Morgan fingerprint density at radius 1 is 1.13 bits per heavy atom. The standard InChI is InChI=1S/C17H27N7O6S/c1-8(22-15(27)10(18)2-3-13(19)25)14(26)24-12(6-31)16(28)23-11(17(29)30)4-9-5-20-7-21-9/h5,7-8,10-12,31H,2-4,6,18H2,1H3,(H2,19,25)(H,20,21)(H,22,27)(H,23,28)(H,24,26)(H,29,30). The first-order chi connectivity index (χ1) is 14.5. The van der Waals surface area contributed by atoms with Gasteiger partial charge in [0.25, 0.3) is 0 Å². The Balaban J connectivity index is 2.63. The van der Waals surface area contributed by atoms with Gasteiger partial charge in [-0.05, 0) is 13.3 Å². The molecule has 0 aliphatic heterocycles. The van der Waals surface area contributed by atoms with Gasteiger partial charge < -0.3 is 37.5 Å². The van der Waals surface area contributed by atoms with Crippen LogP contribution in [0.15, 0.2) is 12.5 Å². The molecule has 0 aliphatic rings. The van der Waals surface area contributed by atoms with Gasteiger partial charge in [0.2, 0.25) is 23.6 Å². The number of nitrogens with zero attached hydrogens (tertiary/aromatic N) is 1. The number of primary amides is 1. The molecule has 0 bridgehead atoms. The molecule has 0 radical (unpaired) electrons. The van der Waals surface area contributed by atoms with E-state index in [1.54, 1.807) is 0 Å². The Kier molecular flexibility index (Phi) is 10.5. The molecule has 4 atom stereocenters. The van der Waals surface area contributed by atoms with Crippen molar-refractivity contribution in [1.29, 1.82) is 0 Å². The van der Waals surface area contributed by atoms with Crippen LogP contribution in [0.3, 0.4) is 0 Å². The summed E-state index contributed by atoms with van der Waals surface area (Å²) in [5.74, 6) is -4.12. The summed E-state index contributed by atoms with van der Waals surface area (Å²) >= 11 is 4.02. The van der Waals surface area contributed by atoms with Crippen LogP contribution in [0.1, 0.15) is 25.5 Å². The maximum Gasteiger partial charge on any atom is 0.326 e. The van der Waals surface area contributed by atoms with E-state index < -0.39 is 53.8 Å². The van der Waals surface area contributed by atoms with Crippen molar-refractivity contribution in [1.82, 2.24) is 25.9 Å². The number of hydrogen-bond donors (Lipinski definition) is 8. The summed E-state index contributed by atoms with van der Waals surface area (Å²) in [7, 11) is 0. The van der Waals surface area contributed by atoms with Gasteiger partial charge >= 0.3 is 5.97 Å². The second kappa shape index (κ2) is 12.5. The maximum atomic E-state index is 12.4. The third-order valence-electron chi connectivity index (χ3n) is 4.20. The van der Waals surface area contributed by atoms with Crippen LogP contribution >= 0.6 is 12.6 Å². The number of carboxylic acid groups (broad SMARTS) is 1. The van der Waals surface area contributed by atoms with Crippen LogP contribution in [0.4, 0.5) is 0 Å². The van der Waals surface area contributed by atoms with E-state index in [9.17, 15) is 29.1 Å². The van der Waals surface area contributed by atoms with Crippen molar-refractivity contribution in [3.63, 3.8) is 0 Å². The van der Waals surface area contributed by atoms with Crippen molar-refractivity contribution < 1.29 is 29.1 Å². The normalized spacial score (nSPS) is 14.5. The molecule has 1 rings (SSSR count). The van der Waals surface area contributed by atoms with Gasteiger partial charge in [-0.25, -0.2) is 9.78 Å². The summed E-state index contributed by atoms with van der Waals surface area (Å²) in [6, 6.07) is -4.50. The van der Waals surface area contributed by atoms with Crippen molar-refractivity contribution in [2.24, 2.45) is 11.5 Å². The minimum Gasteiger partial charge on any atom is -0.480 e. The van der Waals surface area contributed by atoms with E-state index in [1.165, 1.54) is 19.4 Å². The van der Waals surface area contributed by atoms with E-state index in [0.29, 0.717) is 5.69 Å². The summed E-state index contributed by atoms with van der Waals surface area (Å²) in [5.41, 5.74) is 11.1. The molecule has 1 heterocycles. The summed E-state index contributed by atoms with van der Waals surface area (Å²) in [5, 5.41) is 16.4. The SMILES string of the molecule is CC(NC(=O)C(N)CCC(N)=O)C(=O)NC(CS)C(=O)NC(Cc1cnc[nH]1)C(=O)O. The third-order valence-corrected chi connectivity index (χ3v) is 4.56. The number of thiol groups is 1. The molecule has 0 saturated carbocycles. The smallest absolute Gasteiger partial charge is 0.326 e.